The highest BCUT2D eigenvalue weighted by molar-refractivity contribution is 6.33. The van der Waals surface area contributed by atoms with Gasteiger partial charge in [-0.3, -0.25) is 9.59 Å². The fourth-order valence-corrected chi connectivity index (χ4v) is 3.68. The normalized spacial score (nSPS) is 12.8. The Labute approximate surface area is 167 Å². The molecule has 1 N–H and O–H groups in total. The lowest BCUT2D eigenvalue weighted by Crippen LogP contribution is -2.25. The van der Waals surface area contributed by atoms with Gasteiger partial charge in [-0.15, -0.1) is 0 Å². The van der Waals surface area contributed by atoms with E-state index in [1.807, 2.05) is 30.3 Å². The predicted octanol–water partition coefficient (Wildman–Crippen LogP) is 4.46. The Balaban J connectivity index is 1.66. The van der Waals surface area contributed by atoms with E-state index in [1.165, 1.54) is 6.92 Å². The van der Waals surface area contributed by atoms with E-state index in [0.717, 1.165) is 17.7 Å². The van der Waals surface area contributed by atoms with E-state index in [0.29, 0.717) is 39.8 Å². The van der Waals surface area contributed by atoms with E-state index in [9.17, 15) is 9.59 Å². The van der Waals surface area contributed by atoms with Crippen LogP contribution in [0.1, 0.15) is 28.6 Å². The van der Waals surface area contributed by atoms with Gasteiger partial charge in [-0.25, -0.2) is 0 Å². The minimum atomic E-state index is -0.346. The van der Waals surface area contributed by atoms with Crippen molar-refractivity contribution in [1.29, 1.82) is 0 Å². The van der Waals surface area contributed by atoms with Crippen molar-refractivity contribution >= 4 is 34.8 Å². The summed E-state index contributed by atoms with van der Waals surface area (Å²) in [7, 11) is 0. The Hall–Kier alpha value is -3.12. The number of nitrogens with zero attached hydrogens (tertiary/aromatic N) is 2. The van der Waals surface area contributed by atoms with Crippen LogP contribution in [0.5, 0.6) is 0 Å². The maximum Gasteiger partial charge on any atom is 0.261 e. The number of fused-ring (bicyclic) bond motifs is 1. The van der Waals surface area contributed by atoms with Crippen molar-refractivity contribution in [3.63, 3.8) is 0 Å². The summed E-state index contributed by atoms with van der Waals surface area (Å²) in [6.45, 7) is 3.88. The van der Waals surface area contributed by atoms with E-state index in [-0.39, 0.29) is 11.8 Å². The molecule has 2 heterocycles. The molecule has 0 spiro atoms. The molecule has 142 valence electrons. The topological polar surface area (TPSA) is 75.4 Å². The van der Waals surface area contributed by atoms with Crippen molar-refractivity contribution in [2.75, 3.05) is 16.8 Å². The quantitative estimate of drug-likeness (QED) is 0.710. The molecule has 2 aromatic carbocycles. The molecule has 0 saturated heterocycles. The summed E-state index contributed by atoms with van der Waals surface area (Å²) in [6.07, 6.45) is 0.810. The van der Waals surface area contributed by atoms with Crippen LogP contribution in [0.4, 0.5) is 11.4 Å². The number of carbonyl (C=O) groups excluding carboxylic acids is 2. The van der Waals surface area contributed by atoms with Crippen molar-refractivity contribution in [3.8, 4) is 11.3 Å². The molecule has 0 unspecified atom stereocenters. The van der Waals surface area contributed by atoms with Crippen LogP contribution in [0.25, 0.3) is 11.3 Å². The molecule has 1 aliphatic heterocycles. The minimum absolute atomic E-state index is 0.0156. The van der Waals surface area contributed by atoms with Gasteiger partial charge in [0.2, 0.25) is 5.91 Å². The van der Waals surface area contributed by atoms with Gasteiger partial charge in [-0.05, 0) is 37.1 Å². The molecule has 0 aliphatic carbocycles. The Morgan fingerprint density at radius 1 is 1.21 bits per heavy atom. The van der Waals surface area contributed by atoms with Gasteiger partial charge in [0.15, 0.2) is 0 Å². The van der Waals surface area contributed by atoms with Crippen LogP contribution < -0.4 is 10.2 Å². The number of benzene rings is 2. The zero-order valence-electron chi connectivity index (χ0n) is 15.5. The van der Waals surface area contributed by atoms with Gasteiger partial charge in [-0.2, -0.15) is 0 Å². The lowest BCUT2D eigenvalue weighted by atomic mass is 10.1. The first-order valence-corrected chi connectivity index (χ1v) is 9.27. The van der Waals surface area contributed by atoms with E-state index in [2.05, 4.69) is 10.5 Å². The van der Waals surface area contributed by atoms with Crippen LogP contribution in [0.3, 0.4) is 0 Å². The van der Waals surface area contributed by atoms with E-state index < -0.39 is 0 Å². The summed E-state index contributed by atoms with van der Waals surface area (Å²) in [5.74, 6) is 0.0399. The molecule has 1 aromatic heterocycles. The van der Waals surface area contributed by atoms with E-state index in [4.69, 9.17) is 16.1 Å². The average Bonchev–Trinajstić information content (AvgIpc) is 3.25. The number of anilines is 2. The molecule has 3 aromatic rings. The molecule has 6 nitrogen and oxygen atoms in total. The Bertz CT molecular complexity index is 1090. The predicted molar refractivity (Wildman–Crippen MR) is 108 cm³/mol. The summed E-state index contributed by atoms with van der Waals surface area (Å²) < 4.78 is 5.26. The van der Waals surface area contributed by atoms with Gasteiger partial charge in [0.25, 0.3) is 5.91 Å². The smallest absolute Gasteiger partial charge is 0.261 e. The molecular formula is C21H18ClN3O3. The molecule has 0 radical (unpaired) electrons. The van der Waals surface area contributed by atoms with Crippen LogP contribution in [0.2, 0.25) is 5.02 Å². The number of aromatic nitrogens is 1. The lowest BCUT2D eigenvalue weighted by Gasteiger charge is -2.16. The van der Waals surface area contributed by atoms with Crippen molar-refractivity contribution < 1.29 is 14.1 Å². The van der Waals surface area contributed by atoms with E-state index in [1.54, 1.807) is 24.0 Å². The Kier molecular flexibility index (Phi) is 4.65. The van der Waals surface area contributed by atoms with Crippen LogP contribution in [-0.4, -0.2) is 23.5 Å². The van der Waals surface area contributed by atoms with Crippen LogP contribution in [0.15, 0.2) is 47.0 Å². The third kappa shape index (κ3) is 3.16. The summed E-state index contributed by atoms with van der Waals surface area (Å²) in [6, 6.07) is 12.7. The van der Waals surface area contributed by atoms with Crippen molar-refractivity contribution in [3.05, 3.63) is 64.4 Å². The number of hydrogen-bond acceptors (Lipinski definition) is 4. The third-order valence-corrected chi connectivity index (χ3v) is 5.17. The maximum atomic E-state index is 13.0. The van der Waals surface area contributed by atoms with Crippen LogP contribution >= 0.6 is 11.6 Å². The monoisotopic (exact) mass is 395 g/mol. The first kappa shape index (κ1) is 18.3. The number of halogens is 1. The van der Waals surface area contributed by atoms with Crippen LogP contribution in [-0.2, 0) is 11.2 Å². The minimum Gasteiger partial charge on any atom is -0.360 e. The Morgan fingerprint density at radius 2 is 2.00 bits per heavy atom. The summed E-state index contributed by atoms with van der Waals surface area (Å²) >= 11 is 6.26. The number of aryl methyl sites for hydroxylation is 1. The molecule has 4 rings (SSSR count). The zero-order chi connectivity index (χ0) is 19.8. The van der Waals surface area contributed by atoms with Gasteiger partial charge in [0.1, 0.15) is 17.0 Å². The van der Waals surface area contributed by atoms with Crippen molar-refractivity contribution in [2.24, 2.45) is 0 Å². The molecule has 0 saturated carbocycles. The summed E-state index contributed by atoms with van der Waals surface area (Å²) in [5.41, 5.74) is 3.87. The first-order valence-electron chi connectivity index (χ1n) is 8.89. The van der Waals surface area contributed by atoms with Gasteiger partial charge in [0.05, 0.1) is 5.02 Å². The largest absolute Gasteiger partial charge is 0.360 e. The molecule has 0 fully saturated rings. The van der Waals surface area contributed by atoms with Gasteiger partial charge in [-0.1, -0.05) is 41.0 Å². The van der Waals surface area contributed by atoms with Gasteiger partial charge < -0.3 is 14.7 Å². The number of hydrogen-bond donors (Lipinski definition) is 1. The van der Waals surface area contributed by atoms with Gasteiger partial charge in [0, 0.05) is 30.4 Å². The maximum absolute atomic E-state index is 13.0. The lowest BCUT2D eigenvalue weighted by molar-refractivity contribution is -0.116. The highest BCUT2D eigenvalue weighted by Crippen LogP contribution is 2.33. The first-order chi connectivity index (χ1) is 13.5. The molecule has 28 heavy (non-hydrogen) atoms. The molecule has 7 heteroatoms. The molecule has 1 aliphatic rings. The molecule has 0 atom stereocenters. The summed E-state index contributed by atoms with van der Waals surface area (Å²) in [4.78, 5) is 26.5. The fraction of sp³-hybridized carbons (Fsp3) is 0.190. The second-order valence-electron chi connectivity index (χ2n) is 6.66. The second kappa shape index (κ2) is 7.13. The van der Waals surface area contributed by atoms with Crippen molar-refractivity contribution in [2.45, 2.75) is 20.3 Å². The molecule has 0 bridgehead atoms. The SMILES string of the molecule is CC(=O)N1CCc2ccc(NC(=O)c3c(-c4ccccc4Cl)noc3C)cc21. The molecular weight excluding hydrogens is 378 g/mol. The number of amides is 2. The molecule has 2 amide bonds. The highest BCUT2D eigenvalue weighted by Gasteiger charge is 2.25. The standard InChI is InChI=1S/C21H18ClN3O3/c1-12-19(20(24-28-12)16-5-3-4-6-17(16)22)21(27)23-15-8-7-14-9-10-25(13(2)26)18(14)11-15/h3-8,11H,9-10H2,1-2H3,(H,23,27). The number of rotatable bonds is 3. The van der Waals surface area contributed by atoms with E-state index >= 15 is 0 Å². The Morgan fingerprint density at radius 3 is 2.75 bits per heavy atom. The van der Waals surface area contributed by atoms with Gasteiger partial charge >= 0.3 is 0 Å². The summed E-state index contributed by atoms with van der Waals surface area (Å²) in [5, 5.41) is 7.40. The third-order valence-electron chi connectivity index (χ3n) is 4.84. The average molecular weight is 396 g/mol. The zero-order valence-corrected chi connectivity index (χ0v) is 16.2. The number of carbonyl (C=O) groups is 2. The fourth-order valence-electron chi connectivity index (χ4n) is 3.45. The highest BCUT2D eigenvalue weighted by atomic mass is 35.5. The second-order valence-corrected chi connectivity index (χ2v) is 7.07. The number of nitrogens with one attached hydrogen (secondary N) is 1. The van der Waals surface area contributed by atoms with Crippen molar-refractivity contribution in [1.82, 2.24) is 5.16 Å². The van der Waals surface area contributed by atoms with Crippen LogP contribution in [0, 0.1) is 6.92 Å².